The summed E-state index contributed by atoms with van der Waals surface area (Å²) in [5, 5.41) is 11.6. The minimum absolute atomic E-state index is 0.301. The highest BCUT2D eigenvalue weighted by Crippen LogP contribution is 2.22. The molecule has 1 N–H and O–H groups in total. The molecule has 0 saturated carbocycles. The molecule has 3 nitrogen and oxygen atoms in total. The molecule has 2 aromatic carbocycles. The quantitative estimate of drug-likeness (QED) is 0.903. The lowest BCUT2D eigenvalue weighted by molar-refractivity contribution is 0.340. The second kappa shape index (κ2) is 5.87. The fourth-order valence-electron chi connectivity index (χ4n) is 1.64. The van der Waals surface area contributed by atoms with E-state index in [1.807, 2.05) is 37.3 Å². The molecule has 0 atom stereocenters. The van der Waals surface area contributed by atoms with E-state index in [0.717, 1.165) is 11.4 Å². The molecule has 96 valence electrons. The van der Waals surface area contributed by atoms with Gasteiger partial charge in [0.1, 0.15) is 11.6 Å². The summed E-state index contributed by atoms with van der Waals surface area (Å²) in [6.07, 6.45) is 0. The summed E-state index contributed by atoms with van der Waals surface area (Å²) >= 11 is 0. The summed E-state index contributed by atoms with van der Waals surface area (Å²) < 4.78 is 19.0. The average molecular weight is 256 g/mol. The molecule has 0 aliphatic rings. The summed E-state index contributed by atoms with van der Waals surface area (Å²) in [6, 6.07) is 13.5. The zero-order chi connectivity index (χ0) is 13.7. The van der Waals surface area contributed by atoms with E-state index in [0.29, 0.717) is 17.9 Å². The van der Waals surface area contributed by atoms with Crippen molar-refractivity contribution in [2.45, 2.75) is 6.92 Å². The molecule has 4 heteroatoms. The van der Waals surface area contributed by atoms with Crippen molar-refractivity contribution in [2.75, 3.05) is 11.9 Å². The fourth-order valence-corrected chi connectivity index (χ4v) is 1.64. The summed E-state index contributed by atoms with van der Waals surface area (Å²) in [6.45, 7) is 2.52. The highest BCUT2D eigenvalue weighted by atomic mass is 19.1. The zero-order valence-corrected chi connectivity index (χ0v) is 10.5. The normalized spacial score (nSPS) is 9.74. The first-order valence-electron chi connectivity index (χ1n) is 5.92. The molecule has 0 bridgehead atoms. The fraction of sp³-hybridized carbons (Fsp3) is 0.133. The number of nitriles is 1. The van der Waals surface area contributed by atoms with Crippen molar-refractivity contribution < 1.29 is 9.13 Å². The van der Waals surface area contributed by atoms with Crippen LogP contribution in [0.4, 0.5) is 15.8 Å². The lowest BCUT2D eigenvalue weighted by atomic mass is 10.2. The van der Waals surface area contributed by atoms with Gasteiger partial charge in [-0.05, 0) is 49.4 Å². The third kappa shape index (κ3) is 3.23. The molecule has 0 fully saturated rings. The minimum Gasteiger partial charge on any atom is -0.494 e. The van der Waals surface area contributed by atoms with Gasteiger partial charge in [0.05, 0.1) is 23.9 Å². The Morgan fingerprint density at radius 1 is 1.21 bits per heavy atom. The Balaban J connectivity index is 2.15. The Hall–Kier alpha value is -2.54. The molecule has 0 spiro atoms. The van der Waals surface area contributed by atoms with Gasteiger partial charge in [-0.15, -0.1) is 0 Å². The number of hydrogen-bond donors (Lipinski definition) is 1. The second-order valence-electron chi connectivity index (χ2n) is 3.89. The Kier molecular flexibility index (Phi) is 3.99. The van der Waals surface area contributed by atoms with Crippen molar-refractivity contribution in [3.05, 3.63) is 53.8 Å². The molecule has 0 aliphatic heterocycles. The Labute approximate surface area is 111 Å². The largest absolute Gasteiger partial charge is 0.494 e. The van der Waals surface area contributed by atoms with E-state index < -0.39 is 5.82 Å². The minimum atomic E-state index is -0.451. The van der Waals surface area contributed by atoms with Crippen LogP contribution in [0.5, 0.6) is 5.75 Å². The van der Waals surface area contributed by atoms with Gasteiger partial charge in [-0.2, -0.15) is 5.26 Å². The Morgan fingerprint density at radius 2 is 1.95 bits per heavy atom. The highest BCUT2D eigenvalue weighted by Gasteiger charge is 2.04. The number of benzene rings is 2. The number of halogens is 1. The van der Waals surface area contributed by atoms with Crippen LogP contribution < -0.4 is 10.1 Å². The number of nitrogens with zero attached hydrogens (tertiary/aromatic N) is 1. The Morgan fingerprint density at radius 3 is 2.53 bits per heavy atom. The van der Waals surface area contributed by atoms with Crippen LogP contribution in [0.2, 0.25) is 0 Å². The first kappa shape index (κ1) is 12.9. The van der Waals surface area contributed by atoms with Crippen LogP contribution >= 0.6 is 0 Å². The molecule has 0 radical (unpaired) electrons. The van der Waals surface area contributed by atoms with E-state index in [1.54, 1.807) is 12.1 Å². The van der Waals surface area contributed by atoms with Crippen LogP contribution in [0.1, 0.15) is 12.5 Å². The van der Waals surface area contributed by atoms with E-state index >= 15 is 0 Å². The predicted molar refractivity (Wildman–Crippen MR) is 72.0 cm³/mol. The number of ether oxygens (including phenoxy) is 1. The van der Waals surface area contributed by atoms with E-state index in [1.165, 1.54) is 6.07 Å². The summed E-state index contributed by atoms with van der Waals surface area (Å²) in [7, 11) is 0. The van der Waals surface area contributed by atoms with Gasteiger partial charge in [0, 0.05) is 5.69 Å². The molecule has 0 aromatic heterocycles. The number of anilines is 2. The topological polar surface area (TPSA) is 45.0 Å². The van der Waals surface area contributed by atoms with Crippen molar-refractivity contribution in [1.82, 2.24) is 0 Å². The first-order valence-corrected chi connectivity index (χ1v) is 5.92. The van der Waals surface area contributed by atoms with E-state index in [9.17, 15) is 4.39 Å². The van der Waals surface area contributed by atoms with Gasteiger partial charge in [0.2, 0.25) is 0 Å². The summed E-state index contributed by atoms with van der Waals surface area (Å²) in [5.41, 5.74) is 1.39. The van der Waals surface area contributed by atoms with Gasteiger partial charge in [0.25, 0.3) is 0 Å². The Bertz CT molecular complexity index is 603. The maximum Gasteiger partial charge on any atom is 0.147 e. The monoisotopic (exact) mass is 256 g/mol. The third-order valence-corrected chi connectivity index (χ3v) is 2.54. The summed E-state index contributed by atoms with van der Waals surface area (Å²) in [5.74, 6) is 0.321. The van der Waals surface area contributed by atoms with E-state index in [4.69, 9.17) is 10.00 Å². The van der Waals surface area contributed by atoms with Crippen molar-refractivity contribution in [3.8, 4) is 11.8 Å². The lowest BCUT2D eigenvalue weighted by Gasteiger charge is -2.09. The van der Waals surface area contributed by atoms with Crippen molar-refractivity contribution in [1.29, 1.82) is 5.26 Å². The van der Waals surface area contributed by atoms with Gasteiger partial charge in [-0.3, -0.25) is 0 Å². The standard InChI is InChI=1S/C15H13FN2O/c1-2-19-13-6-4-12(5-7-13)18-15-8-3-11(10-17)9-14(15)16/h3-9,18H,2H2,1H3. The summed E-state index contributed by atoms with van der Waals surface area (Å²) in [4.78, 5) is 0. The maximum absolute atomic E-state index is 13.7. The average Bonchev–Trinajstić information content (AvgIpc) is 2.43. The van der Waals surface area contributed by atoms with E-state index in [2.05, 4.69) is 5.32 Å². The maximum atomic E-state index is 13.7. The zero-order valence-electron chi connectivity index (χ0n) is 10.5. The first-order chi connectivity index (χ1) is 9.22. The highest BCUT2D eigenvalue weighted by molar-refractivity contribution is 5.61. The number of hydrogen-bond acceptors (Lipinski definition) is 3. The molecule has 0 amide bonds. The smallest absolute Gasteiger partial charge is 0.147 e. The van der Waals surface area contributed by atoms with Gasteiger partial charge < -0.3 is 10.1 Å². The molecule has 19 heavy (non-hydrogen) atoms. The molecule has 2 rings (SSSR count). The SMILES string of the molecule is CCOc1ccc(Nc2ccc(C#N)cc2F)cc1. The number of nitrogens with one attached hydrogen (secondary N) is 1. The van der Waals surface area contributed by atoms with E-state index in [-0.39, 0.29) is 0 Å². The molecule has 0 heterocycles. The van der Waals surface area contributed by atoms with Gasteiger partial charge in [-0.1, -0.05) is 0 Å². The van der Waals surface area contributed by atoms with Gasteiger partial charge >= 0.3 is 0 Å². The third-order valence-electron chi connectivity index (χ3n) is 2.54. The van der Waals surface area contributed by atoms with Crippen LogP contribution in [0.25, 0.3) is 0 Å². The van der Waals surface area contributed by atoms with Crippen molar-refractivity contribution >= 4 is 11.4 Å². The van der Waals surface area contributed by atoms with Crippen LogP contribution in [-0.4, -0.2) is 6.61 Å². The van der Waals surface area contributed by atoms with Gasteiger partial charge in [0.15, 0.2) is 0 Å². The molecule has 0 unspecified atom stereocenters. The predicted octanol–water partition coefficient (Wildman–Crippen LogP) is 3.84. The van der Waals surface area contributed by atoms with Crippen LogP contribution in [0.15, 0.2) is 42.5 Å². The lowest BCUT2D eigenvalue weighted by Crippen LogP contribution is -1.95. The van der Waals surface area contributed by atoms with Crippen molar-refractivity contribution in [3.63, 3.8) is 0 Å². The van der Waals surface area contributed by atoms with Crippen molar-refractivity contribution in [2.24, 2.45) is 0 Å². The molecule has 0 saturated heterocycles. The molecule has 2 aromatic rings. The van der Waals surface area contributed by atoms with Crippen LogP contribution in [0.3, 0.4) is 0 Å². The molecular formula is C15H13FN2O. The second-order valence-corrected chi connectivity index (χ2v) is 3.89. The van der Waals surface area contributed by atoms with Crippen LogP contribution in [0, 0.1) is 17.1 Å². The van der Waals surface area contributed by atoms with Crippen LogP contribution in [-0.2, 0) is 0 Å². The molecule has 0 aliphatic carbocycles. The number of rotatable bonds is 4. The van der Waals surface area contributed by atoms with Gasteiger partial charge in [-0.25, -0.2) is 4.39 Å². The molecular weight excluding hydrogens is 243 g/mol.